The van der Waals surface area contributed by atoms with Gasteiger partial charge in [-0.2, -0.15) is 0 Å². The Morgan fingerprint density at radius 1 is 1.25 bits per heavy atom. The number of para-hydroxylation sites is 2. The third-order valence-corrected chi connectivity index (χ3v) is 3.52. The minimum absolute atomic E-state index is 0.0585. The van der Waals surface area contributed by atoms with Crippen LogP contribution < -0.4 is 14.4 Å². The zero-order valence-electron chi connectivity index (χ0n) is 12.9. The number of hydrogen-bond acceptors (Lipinski definition) is 4. The summed E-state index contributed by atoms with van der Waals surface area (Å²) >= 11 is 0. The van der Waals surface area contributed by atoms with Crippen molar-refractivity contribution in [3.8, 4) is 11.5 Å². The molecule has 0 atom stereocenters. The van der Waals surface area contributed by atoms with Gasteiger partial charge in [-0.05, 0) is 35.9 Å². The largest absolute Gasteiger partial charge is 0.497 e. The van der Waals surface area contributed by atoms with Crippen LogP contribution in [0.5, 0.6) is 11.5 Å². The molecule has 1 aliphatic heterocycles. The number of carboxylic acid groups (broad SMARTS) is 1. The van der Waals surface area contributed by atoms with Crippen molar-refractivity contribution in [1.82, 2.24) is 0 Å². The molecule has 0 bridgehead atoms. The number of hydrogen-bond donors (Lipinski definition) is 1. The minimum Gasteiger partial charge on any atom is -0.497 e. The zero-order chi connectivity index (χ0) is 17.1. The predicted octanol–water partition coefficient (Wildman–Crippen LogP) is 2.55. The summed E-state index contributed by atoms with van der Waals surface area (Å²) in [5.74, 6) is -0.453. The Labute approximate surface area is 138 Å². The number of nitrogens with zero attached hydrogens (tertiary/aromatic N) is 1. The first kappa shape index (κ1) is 15.6. The second-order valence-corrected chi connectivity index (χ2v) is 5.14. The van der Waals surface area contributed by atoms with Gasteiger partial charge in [0.2, 0.25) is 0 Å². The summed E-state index contributed by atoms with van der Waals surface area (Å²) < 4.78 is 10.8. The Morgan fingerprint density at radius 3 is 2.79 bits per heavy atom. The maximum Gasteiger partial charge on any atom is 0.323 e. The van der Waals surface area contributed by atoms with Crippen LogP contribution in [0.2, 0.25) is 0 Å². The summed E-state index contributed by atoms with van der Waals surface area (Å²) in [6.45, 7) is -0.436. The number of fused-ring (bicyclic) bond motifs is 1. The first-order valence-corrected chi connectivity index (χ1v) is 7.25. The Hall–Kier alpha value is -3.28. The molecule has 0 radical (unpaired) electrons. The highest BCUT2D eigenvalue weighted by atomic mass is 16.5. The monoisotopic (exact) mass is 325 g/mol. The molecule has 1 heterocycles. The zero-order valence-corrected chi connectivity index (χ0v) is 12.9. The summed E-state index contributed by atoms with van der Waals surface area (Å²) in [6.07, 6.45) is 1.57. The molecule has 2 aromatic rings. The summed E-state index contributed by atoms with van der Waals surface area (Å²) in [6, 6.07) is 14.0. The van der Waals surface area contributed by atoms with Gasteiger partial charge in [-0.3, -0.25) is 14.5 Å². The normalized spacial score (nSPS) is 15.0. The van der Waals surface area contributed by atoms with E-state index < -0.39 is 18.4 Å². The molecule has 0 saturated carbocycles. The van der Waals surface area contributed by atoms with E-state index >= 15 is 0 Å². The van der Waals surface area contributed by atoms with Crippen LogP contribution in [-0.2, 0) is 9.59 Å². The van der Waals surface area contributed by atoms with Crippen molar-refractivity contribution in [2.75, 3.05) is 18.6 Å². The van der Waals surface area contributed by atoms with Crippen LogP contribution in [-0.4, -0.2) is 30.6 Å². The Morgan fingerprint density at radius 2 is 2.04 bits per heavy atom. The van der Waals surface area contributed by atoms with Gasteiger partial charge in [-0.1, -0.05) is 24.3 Å². The number of carboxylic acids is 1. The topological polar surface area (TPSA) is 76.1 Å². The molecule has 1 N–H and O–H groups in total. The van der Waals surface area contributed by atoms with Gasteiger partial charge in [0.15, 0.2) is 11.5 Å². The van der Waals surface area contributed by atoms with Gasteiger partial charge in [-0.25, -0.2) is 0 Å². The molecule has 6 nitrogen and oxygen atoms in total. The summed E-state index contributed by atoms with van der Waals surface area (Å²) in [7, 11) is 1.55. The van der Waals surface area contributed by atoms with Gasteiger partial charge in [0.05, 0.1) is 12.8 Å². The average molecular weight is 325 g/mol. The van der Waals surface area contributed by atoms with Crippen LogP contribution in [0.25, 0.3) is 6.08 Å². The van der Waals surface area contributed by atoms with Crippen molar-refractivity contribution < 1.29 is 24.2 Å². The number of aliphatic carboxylic acids is 1. The highest BCUT2D eigenvalue weighted by molar-refractivity contribution is 6.11. The molecule has 24 heavy (non-hydrogen) atoms. The van der Waals surface area contributed by atoms with Crippen molar-refractivity contribution in [2.45, 2.75) is 0 Å². The summed E-state index contributed by atoms with van der Waals surface area (Å²) in [5, 5.41) is 9.08. The van der Waals surface area contributed by atoms with Crippen LogP contribution in [0.15, 0.2) is 54.3 Å². The van der Waals surface area contributed by atoms with Crippen molar-refractivity contribution in [3.05, 3.63) is 59.9 Å². The lowest BCUT2D eigenvalue weighted by atomic mass is 10.1. The van der Waals surface area contributed by atoms with Crippen LogP contribution in [0.4, 0.5) is 5.69 Å². The smallest absolute Gasteiger partial charge is 0.323 e. The van der Waals surface area contributed by atoms with E-state index in [1.165, 1.54) is 4.90 Å². The number of amides is 1. The van der Waals surface area contributed by atoms with E-state index in [0.717, 1.165) is 0 Å². The number of carbonyl (C=O) groups is 2. The quantitative estimate of drug-likeness (QED) is 0.874. The van der Waals surface area contributed by atoms with Crippen molar-refractivity contribution in [2.24, 2.45) is 0 Å². The van der Waals surface area contributed by atoms with Gasteiger partial charge >= 0.3 is 5.97 Å². The average Bonchev–Trinajstić information content (AvgIpc) is 2.58. The van der Waals surface area contributed by atoms with E-state index in [1.807, 2.05) is 0 Å². The van der Waals surface area contributed by atoms with E-state index in [9.17, 15) is 9.59 Å². The first-order valence-electron chi connectivity index (χ1n) is 7.25. The van der Waals surface area contributed by atoms with E-state index in [1.54, 1.807) is 61.7 Å². The molecule has 2 aromatic carbocycles. The maximum atomic E-state index is 12.6. The van der Waals surface area contributed by atoms with Crippen molar-refractivity contribution >= 4 is 23.6 Å². The van der Waals surface area contributed by atoms with Crippen LogP contribution in [0.3, 0.4) is 0 Å². The maximum absolute atomic E-state index is 12.6. The molecule has 0 aliphatic carbocycles. The number of carbonyl (C=O) groups excluding carboxylic acids is 1. The second kappa shape index (κ2) is 6.45. The lowest BCUT2D eigenvalue weighted by Crippen LogP contribution is -2.40. The molecule has 0 fully saturated rings. The van der Waals surface area contributed by atoms with Crippen molar-refractivity contribution in [1.29, 1.82) is 0 Å². The fourth-order valence-electron chi connectivity index (χ4n) is 2.44. The number of methoxy groups -OCH3 is 1. The Kier molecular flexibility index (Phi) is 4.20. The summed E-state index contributed by atoms with van der Waals surface area (Å²) in [5.41, 5.74) is 1.15. The Bertz CT molecular complexity index is 828. The molecular formula is C18H15NO5. The summed E-state index contributed by atoms with van der Waals surface area (Å²) in [4.78, 5) is 24.9. The standard InChI is InChI=1S/C18H15NO5/c1-23-13-6-4-5-12(9-13)10-16-18(22)19(11-17(20)21)14-7-2-3-8-15(14)24-16/h2-10H,11H2,1H3,(H,20,21)/b16-10+. The van der Waals surface area contributed by atoms with E-state index in [4.69, 9.17) is 14.6 Å². The van der Waals surface area contributed by atoms with Gasteiger partial charge in [0, 0.05) is 0 Å². The second-order valence-electron chi connectivity index (χ2n) is 5.14. The SMILES string of the molecule is COc1cccc(/C=C2/Oc3ccccc3N(CC(=O)O)C2=O)c1. The highest BCUT2D eigenvalue weighted by Gasteiger charge is 2.31. The number of ether oxygens (including phenoxy) is 2. The third-order valence-electron chi connectivity index (χ3n) is 3.52. The highest BCUT2D eigenvalue weighted by Crippen LogP contribution is 2.35. The third kappa shape index (κ3) is 3.08. The molecule has 3 rings (SSSR count). The van der Waals surface area contributed by atoms with Crippen molar-refractivity contribution in [3.63, 3.8) is 0 Å². The lowest BCUT2D eigenvalue weighted by molar-refractivity contribution is -0.136. The van der Waals surface area contributed by atoms with E-state index in [-0.39, 0.29) is 5.76 Å². The Balaban J connectivity index is 2.02. The van der Waals surface area contributed by atoms with E-state index in [0.29, 0.717) is 22.7 Å². The minimum atomic E-state index is -1.10. The fraction of sp³-hybridized carbons (Fsp3) is 0.111. The van der Waals surface area contributed by atoms with Crippen LogP contribution in [0, 0.1) is 0 Å². The number of rotatable bonds is 4. The van der Waals surface area contributed by atoms with Gasteiger partial charge < -0.3 is 14.6 Å². The fourth-order valence-corrected chi connectivity index (χ4v) is 2.44. The molecule has 1 amide bonds. The molecule has 6 heteroatoms. The molecule has 0 spiro atoms. The van der Waals surface area contributed by atoms with E-state index in [2.05, 4.69) is 0 Å². The molecule has 0 saturated heterocycles. The van der Waals surface area contributed by atoms with Gasteiger partial charge in [0.25, 0.3) is 5.91 Å². The number of benzene rings is 2. The lowest BCUT2D eigenvalue weighted by Gasteiger charge is -2.29. The predicted molar refractivity (Wildman–Crippen MR) is 88.0 cm³/mol. The number of anilines is 1. The molecule has 122 valence electrons. The molecule has 1 aliphatic rings. The van der Waals surface area contributed by atoms with Crippen LogP contribution >= 0.6 is 0 Å². The first-order chi connectivity index (χ1) is 11.6. The molecule has 0 unspecified atom stereocenters. The molecule has 0 aromatic heterocycles. The molecular weight excluding hydrogens is 310 g/mol. The van der Waals surface area contributed by atoms with Gasteiger partial charge in [-0.15, -0.1) is 0 Å². The van der Waals surface area contributed by atoms with Gasteiger partial charge in [0.1, 0.15) is 12.3 Å². The van der Waals surface area contributed by atoms with Crippen LogP contribution in [0.1, 0.15) is 5.56 Å².